The number of benzene rings is 1. The van der Waals surface area contributed by atoms with Crippen LogP contribution in [0.3, 0.4) is 0 Å². The van der Waals surface area contributed by atoms with Crippen LogP contribution < -0.4 is 4.74 Å². The number of nitro groups is 1. The third-order valence-corrected chi connectivity index (χ3v) is 2.11. The SMILES string of the molecule is O=[N+]([O-])c1cc(C(F)(F)F)cc(C(F)(F)F)c1OC(F)F. The Morgan fingerprint density at radius 1 is 1.05 bits per heavy atom. The van der Waals surface area contributed by atoms with Gasteiger partial charge in [0, 0.05) is 6.07 Å². The number of nitro benzene ring substituents is 1. The van der Waals surface area contributed by atoms with Crippen molar-refractivity contribution in [3.05, 3.63) is 33.4 Å². The van der Waals surface area contributed by atoms with E-state index >= 15 is 0 Å². The molecule has 1 aromatic carbocycles. The molecule has 0 atom stereocenters. The maximum Gasteiger partial charge on any atom is 0.420 e. The van der Waals surface area contributed by atoms with E-state index in [0.29, 0.717) is 0 Å². The van der Waals surface area contributed by atoms with Crippen LogP contribution in [0.1, 0.15) is 11.1 Å². The molecule has 0 fully saturated rings. The number of hydrogen-bond donors (Lipinski definition) is 0. The highest BCUT2D eigenvalue weighted by atomic mass is 19.4. The summed E-state index contributed by atoms with van der Waals surface area (Å²) >= 11 is 0. The predicted octanol–water partition coefficient (Wildman–Crippen LogP) is 4.23. The van der Waals surface area contributed by atoms with E-state index in [-0.39, 0.29) is 6.07 Å². The van der Waals surface area contributed by atoms with Crippen LogP contribution in [0.15, 0.2) is 12.1 Å². The first-order valence-electron chi connectivity index (χ1n) is 4.75. The van der Waals surface area contributed by atoms with E-state index in [1.165, 1.54) is 0 Å². The molecule has 0 radical (unpaired) electrons. The fourth-order valence-electron chi connectivity index (χ4n) is 1.34. The Morgan fingerprint density at radius 3 is 1.90 bits per heavy atom. The summed E-state index contributed by atoms with van der Waals surface area (Å²) in [5.41, 5.74) is -6.19. The van der Waals surface area contributed by atoms with Gasteiger partial charge < -0.3 is 4.74 Å². The second kappa shape index (κ2) is 5.33. The van der Waals surface area contributed by atoms with Gasteiger partial charge in [0.1, 0.15) is 5.56 Å². The minimum atomic E-state index is -5.56. The van der Waals surface area contributed by atoms with E-state index < -0.39 is 52.5 Å². The standard InChI is InChI=1S/C9H3F8NO3/c10-7(11)21-6-4(9(15,16)17)1-3(8(12,13)14)2-5(6)18(19)20/h1-2,7H. The third-order valence-electron chi connectivity index (χ3n) is 2.11. The van der Waals surface area contributed by atoms with Crippen LogP contribution >= 0.6 is 0 Å². The maximum absolute atomic E-state index is 12.6. The van der Waals surface area contributed by atoms with E-state index in [0.717, 1.165) is 0 Å². The molecule has 4 nitrogen and oxygen atoms in total. The molecule has 0 bridgehead atoms. The van der Waals surface area contributed by atoms with Crippen LogP contribution in [-0.2, 0) is 12.4 Å². The van der Waals surface area contributed by atoms with E-state index in [1.807, 2.05) is 0 Å². The lowest BCUT2D eigenvalue weighted by atomic mass is 10.1. The zero-order valence-electron chi connectivity index (χ0n) is 9.43. The Bertz CT molecular complexity index is 551. The lowest BCUT2D eigenvalue weighted by Gasteiger charge is -2.16. The first-order chi connectivity index (χ1) is 9.34. The quantitative estimate of drug-likeness (QED) is 0.475. The van der Waals surface area contributed by atoms with Crippen molar-refractivity contribution in [2.45, 2.75) is 19.0 Å². The zero-order valence-corrected chi connectivity index (χ0v) is 9.43. The van der Waals surface area contributed by atoms with E-state index in [4.69, 9.17) is 0 Å². The molecular formula is C9H3F8NO3. The summed E-state index contributed by atoms with van der Waals surface area (Å²) in [5, 5.41) is 10.5. The van der Waals surface area contributed by atoms with Crippen molar-refractivity contribution in [2.75, 3.05) is 0 Å². The molecule has 0 aliphatic carbocycles. The van der Waals surface area contributed by atoms with Crippen LogP contribution in [0.25, 0.3) is 0 Å². The first-order valence-corrected chi connectivity index (χ1v) is 4.75. The molecule has 21 heavy (non-hydrogen) atoms. The third kappa shape index (κ3) is 3.92. The normalized spacial score (nSPS) is 12.6. The van der Waals surface area contributed by atoms with Crippen molar-refractivity contribution < 1.29 is 44.8 Å². The largest absolute Gasteiger partial charge is 0.427 e. The van der Waals surface area contributed by atoms with Crippen LogP contribution in [0.5, 0.6) is 5.75 Å². The van der Waals surface area contributed by atoms with Crippen LogP contribution in [0.4, 0.5) is 40.8 Å². The monoisotopic (exact) mass is 325 g/mol. The fourth-order valence-corrected chi connectivity index (χ4v) is 1.34. The zero-order chi connectivity index (χ0) is 16.6. The second-order valence-electron chi connectivity index (χ2n) is 3.50. The van der Waals surface area contributed by atoms with E-state index in [2.05, 4.69) is 4.74 Å². The smallest absolute Gasteiger partial charge is 0.420 e. The van der Waals surface area contributed by atoms with Crippen molar-refractivity contribution in [3.8, 4) is 5.75 Å². The molecule has 0 heterocycles. The van der Waals surface area contributed by atoms with Crippen LogP contribution in [-0.4, -0.2) is 11.5 Å². The minimum absolute atomic E-state index is 0.313. The number of ether oxygens (including phenoxy) is 1. The van der Waals surface area contributed by atoms with Gasteiger partial charge in [0.05, 0.1) is 10.5 Å². The lowest BCUT2D eigenvalue weighted by molar-refractivity contribution is -0.387. The molecule has 0 spiro atoms. The highest BCUT2D eigenvalue weighted by Gasteiger charge is 2.43. The average molecular weight is 325 g/mol. The summed E-state index contributed by atoms with van der Waals surface area (Å²) in [6.07, 6.45) is -10.9. The van der Waals surface area contributed by atoms with Crippen molar-refractivity contribution in [1.29, 1.82) is 0 Å². The maximum atomic E-state index is 12.6. The molecule has 118 valence electrons. The molecule has 0 N–H and O–H groups in total. The topological polar surface area (TPSA) is 52.4 Å². The van der Waals surface area contributed by atoms with Crippen molar-refractivity contribution in [3.63, 3.8) is 0 Å². The van der Waals surface area contributed by atoms with Gasteiger partial charge in [-0.3, -0.25) is 10.1 Å². The van der Waals surface area contributed by atoms with E-state index in [9.17, 15) is 45.2 Å². The van der Waals surface area contributed by atoms with Crippen molar-refractivity contribution in [1.82, 2.24) is 0 Å². The van der Waals surface area contributed by atoms with Crippen molar-refractivity contribution in [2.24, 2.45) is 0 Å². The van der Waals surface area contributed by atoms with Crippen LogP contribution in [0, 0.1) is 10.1 Å². The molecular weight excluding hydrogens is 322 g/mol. The van der Waals surface area contributed by atoms with Gasteiger partial charge >= 0.3 is 24.7 Å². The van der Waals surface area contributed by atoms with Gasteiger partial charge in [-0.15, -0.1) is 0 Å². The van der Waals surface area contributed by atoms with Gasteiger partial charge in [0.2, 0.25) is 5.75 Å². The Morgan fingerprint density at radius 2 is 1.57 bits per heavy atom. The molecule has 1 aromatic rings. The second-order valence-corrected chi connectivity index (χ2v) is 3.50. The van der Waals surface area contributed by atoms with Gasteiger partial charge in [-0.1, -0.05) is 0 Å². The summed E-state index contributed by atoms with van der Waals surface area (Å²) in [5.74, 6) is -1.98. The van der Waals surface area contributed by atoms with Crippen molar-refractivity contribution >= 4 is 5.69 Å². The molecule has 1 rings (SSSR count). The minimum Gasteiger partial charge on any atom is -0.427 e. The van der Waals surface area contributed by atoms with Gasteiger partial charge in [-0.2, -0.15) is 35.1 Å². The van der Waals surface area contributed by atoms with Gasteiger partial charge in [0.25, 0.3) is 0 Å². The van der Waals surface area contributed by atoms with Gasteiger partial charge in [-0.25, -0.2) is 0 Å². The fraction of sp³-hybridized carbons (Fsp3) is 0.333. The summed E-state index contributed by atoms with van der Waals surface area (Å²) < 4.78 is 102. The number of hydrogen-bond acceptors (Lipinski definition) is 3. The Hall–Kier alpha value is -2.14. The molecule has 12 heteroatoms. The van der Waals surface area contributed by atoms with E-state index in [1.54, 1.807) is 0 Å². The number of halogens is 8. The first kappa shape index (κ1) is 16.9. The Labute approximate surface area is 110 Å². The molecule has 0 unspecified atom stereocenters. The molecule has 0 aromatic heterocycles. The number of nitrogens with zero attached hydrogens (tertiary/aromatic N) is 1. The lowest BCUT2D eigenvalue weighted by Crippen LogP contribution is -2.16. The summed E-state index contributed by atoms with van der Waals surface area (Å²) in [6, 6.07) is -0.850. The summed E-state index contributed by atoms with van der Waals surface area (Å²) in [7, 11) is 0. The highest BCUT2D eigenvalue weighted by Crippen LogP contribution is 2.45. The summed E-state index contributed by atoms with van der Waals surface area (Å²) in [4.78, 5) is 8.83. The molecule has 0 aliphatic rings. The Kier molecular flexibility index (Phi) is 4.29. The van der Waals surface area contributed by atoms with Gasteiger partial charge in [0.15, 0.2) is 0 Å². The highest BCUT2D eigenvalue weighted by molar-refractivity contribution is 5.56. The number of rotatable bonds is 3. The number of alkyl halides is 8. The van der Waals surface area contributed by atoms with Crippen LogP contribution in [0.2, 0.25) is 0 Å². The molecule has 0 saturated carbocycles. The van der Waals surface area contributed by atoms with Gasteiger partial charge in [-0.05, 0) is 6.07 Å². The molecule has 0 amide bonds. The molecule has 0 aliphatic heterocycles. The summed E-state index contributed by atoms with van der Waals surface area (Å²) in [6.45, 7) is -3.89. The predicted molar refractivity (Wildman–Crippen MR) is 49.7 cm³/mol. The average Bonchev–Trinajstić information content (AvgIpc) is 2.24. The Balaban J connectivity index is 3.70. The molecule has 0 saturated heterocycles.